The number of esters is 1. The maximum Gasteiger partial charge on any atom is 0.341 e. The molecule has 1 fully saturated rings. The molecular weight excluding hydrogens is 204 g/mol. The summed E-state index contributed by atoms with van der Waals surface area (Å²) in [4.78, 5) is 12.0. The number of cyclic esters (lactones) is 1. The van der Waals surface area contributed by atoms with Crippen molar-refractivity contribution in [3.63, 3.8) is 0 Å². The minimum atomic E-state index is -0.810. The molecule has 0 aromatic carbocycles. The van der Waals surface area contributed by atoms with E-state index in [1.807, 2.05) is 33.8 Å². The Morgan fingerprint density at radius 2 is 2.00 bits per heavy atom. The number of rotatable bonds is 0. The largest absolute Gasteiger partial charge is 0.431 e. The molecule has 0 unspecified atom stereocenters. The van der Waals surface area contributed by atoms with E-state index in [4.69, 9.17) is 9.47 Å². The number of carbonyl (C=O) groups excluding carboxylic acids is 1. The van der Waals surface area contributed by atoms with Gasteiger partial charge in [-0.2, -0.15) is 0 Å². The number of allylic oxidation sites excluding steroid dienone is 1. The monoisotopic (exact) mass is 224 g/mol. The molecule has 2 atom stereocenters. The summed E-state index contributed by atoms with van der Waals surface area (Å²) in [6, 6.07) is 0. The number of hydrogen-bond donors (Lipinski definition) is 0. The van der Waals surface area contributed by atoms with Crippen LogP contribution in [0.15, 0.2) is 12.2 Å². The average molecular weight is 224 g/mol. The predicted octanol–water partition coefficient (Wildman–Crippen LogP) is 2.80. The maximum atomic E-state index is 12.0. The zero-order valence-corrected chi connectivity index (χ0v) is 10.5. The Hall–Kier alpha value is -0.830. The molecule has 2 rings (SSSR count). The fraction of sp³-hybridized carbons (Fsp3) is 0.769. The van der Waals surface area contributed by atoms with Crippen molar-refractivity contribution < 1.29 is 14.3 Å². The lowest BCUT2D eigenvalue weighted by molar-refractivity contribution is -0.233. The van der Waals surface area contributed by atoms with E-state index in [1.54, 1.807) is 0 Å². The number of hydrogen-bond acceptors (Lipinski definition) is 3. The molecule has 1 heterocycles. The van der Waals surface area contributed by atoms with Gasteiger partial charge in [-0.05, 0) is 12.8 Å². The van der Waals surface area contributed by atoms with Crippen LogP contribution in [0.1, 0.15) is 47.0 Å². The molecule has 3 heteroatoms. The SMILES string of the molecule is CC(C)(C)[C@]1(C)OC(=O)[C@]2(CC=CCC2)O1. The van der Waals surface area contributed by atoms with Crippen LogP contribution < -0.4 is 0 Å². The molecule has 1 aliphatic heterocycles. The molecule has 1 aliphatic carbocycles. The van der Waals surface area contributed by atoms with E-state index in [-0.39, 0.29) is 11.4 Å². The minimum absolute atomic E-state index is 0.200. The van der Waals surface area contributed by atoms with Crippen molar-refractivity contribution in [2.45, 2.75) is 58.3 Å². The highest BCUT2D eigenvalue weighted by Gasteiger charge is 2.59. The van der Waals surface area contributed by atoms with Gasteiger partial charge in [0.1, 0.15) is 0 Å². The first-order chi connectivity index (χ1) is 7.29. The van der Waals surface area contributed by atoms with Crippen molar-refractivity contribution in [3.8, 4) is 0 Å². The molecular formula is C13H20O3. The van der Waals surface area contributed by atoms with Gasteiger partial charge >= 0.3 is 5.97 Å². The first kappa shape index (κ1) is 11.6. The standard InChI is InChI=1S/C13H20O3/c1-11(2,3)12(4)15-10(14)13(16-12)8-6-5-7-9-13/h5-6H,7-9H2,1-4H3/t12-,13-/m1/s1. The summed E-state index contributed by atoms with van der Waals surface area (Å²) in [7, 11) is 0. The molecule has 1 spiro atoms. The van der Waals surface area contributed by atoms with E-state index in [0.717, 1.165) is 12.8 Å². The average Bonchev–Trinajstić information content (AvgIpc) is 2.40. The van der Waals surface area contributed by atoms with Crippen LogP contribution >= 0.6 is 0 Å². The summed E-state index contributed by atoms with van der Waals surface area (Å²) in [5.41, 5.74) is -0.940. The van der Waals surface area contributed by atoms with E-state index >= 15 is 0 Å². The molecule has 0 radical (unpaired) electrons. The van der Waals surface area contributed by atoms with Gasteiger partial charge in [-0.3, -0.25) is 0 Å². The third kappa shape index (κ3) is 1.58. The lowest BCUT2D eigenvalue weighted by Crippen LogP contribution is -2.44. The van der Waals surface area contributed by atoms with Crippen LogP contribution in [0.5, 0.6) is 0 Å². The van der Waals surface area contributed by atoms with Gasteiger partial charge in [0.25, 0.3) is 0 Å². The van der Waals surface area contributed by atoms with Gasteiger partial charge in [0.15, 0.2) is 5.60 Å². The molecule has 0 aromatic rings. The van der Waals surface area contributed by atoms with Gasteiger partial charge in [-0.1, -0.05) is 32.9 Å². The molecule has 1 saturated heterocycles. The third-order valence-electron chi connectivity index (χ3n) is 3.74. The van der Waals surface area contributed by atoms with Crippen molar-refractivity contribution >= 4 is 5.97 Å². The van der Waals surface area contributed by atoms with E-state index in [0.29, 0.717) is 6.42 Å². The van der Waals surface area contributed by atoms with Crippen molar-refractivity contribution in [2.75, 3.05) is 0 Å². The second-order valence-corrected chi connectivity index (χ2v) is 5.90. The van der Waals surface area contributed by atoms with E-state index in [1.165, 1.54) is 0 Å². The first-order valence-electron chi connectivity index (χ1n) is 5.88. The Kier molecular flexibility index (Phi) is 2.42. The summed E-state index contributed by atoms with van der Waals surface area (Å²) in [5, 5.41) is 0. The molecule has 2 aliphatic rings. The van der Waals surface area contributed by atoms with Crippen molar-refractivity contribution in [2.24, 2.45) is 5.41 Å². The van der Waals surface area contributed by atoms with Crippen LogP contribution in [0.4, 0.5) is 0 Å². The van der Waals surface area contributed by atoms with Crippen molar-refractivity contribution in [1.82, 2.24) is 0 Å². The highest BCUT2D eigenvalue weighted by molar-refractivity contribution is 5.82. The smallest absolute Gasteiger partial charge is 0.341 e. The molecule has 0 amide bonds. The topological polar surface area (TPSA) is 35.5 Å². The Bertz CT molecular complexity index is 340. The second-order valence-electron chi connectivity index (χ2n) is 5.90. The highest BCUT2D eigenvalue weighted by Crippen LogP contribution is 2.47. The second kappa shape index (κ2) is 3.33. The maximum absolute atomic E-state index is 12.0. The lowest BCUT2D eigenvalue weighted by atomic mass is 9.85. The van der Waals surface area contributed by atoms with Gasteiger partial charge in [-0.15, -0.1) is 0 Å². The van der Waals surface area contributed by atoms with Crippen LogP contribution in [-0.4, -0.2) is 17.4 Å². The Balaban J connectivity index is 2.28. The molecule has 3 nitrogen and oxygen atoms in total. The Morgan fingerprint density at radius 1 is 1.31 bits per heavy atom. The molecule has 0 N–H and O–H groups in total. The van der Waals surface area contributed by atoms with Crippen LogP contribution in [-0.2, 0) is 14.3 Å². The number of ether oxygens (including phenoxy) is 2. The molecule has 90 valence electrons. The zero-order valence-electron chi connectivity index (χ0n) is 10.5. The summed E-state index contributed by atoms with van der Waals surface area (Å²) in [5.74, 6) is -1.01. The third-order valence-corrected chi connectivity index (χ3v) is 3.74. The quantitative estimate of drug-likeness (QED) is 0.469. The lowest BCUT2D eigenvalue weighted by Gasteiger charge is -2.37. The van der Waals surface area contributed by atoms with E-state index < -0.39 is 11.4 Å². The summed E-state index contributed by atoms with van der Waals surface area (Å²) in [6.07, 6.45) is 6.36. The first-order valence-corrected chi connectivity index (χ1v) is 5.88. The van der Waals surface area contributed by atoms with E-state index in [2.05, 4.69) is 6.08 Å². The number of carbonyl (C=O) groups is 1. The van der Waals surface area contributed by atoms with Gasteiger partial charge in [0.2, 0.25) is 5.79 Å². The molecule has 16 heavy (non-hydrogen) atoms. The Labute approximate surface area is 96.8 Å². The van der Waals surface area contributed by atoms with Crippen LogP contribution in [0.3, 0.4) is 0 Å². The summed E-state index contributed by atoms with van der Waals surface area (Å²) >= 11 is 0. The highest BCUT2D eigenvalue weighted by atomic mass is 16.8. The fourth-order valence-corrected chi connectivity index (χ4v) is 2.10. The predicted molar refractivity (Wildman–Crippen MR) is 60.8 cm³/mol. The van der Waals surface area contributed by atoms with Gasteiger partial charge in [0.05, 0.1) is 0 Å². The molecule has 0 bridgehead atoms. The van der Waals surface area contributed by atoms with Crippen molar-refractivity contribution in [3.05, 3.63) is 12.2 Å². The van der Waals surface area contributed by atoms with Gasteiger partial charge in [0, 0.05) is 18.8 Å². The van der Waals surface area contributed by atoms with Gasteiger partial charge < -0.3 is 9.47 Å². The summed E-state index contributed by atoms with van der Waals surface area (Å²) in [6.45, 7) is 7.94. The van der Waals surface area contributed by atoms with Crippen LogP contribution in [0.2, 0.25) is 0 Å². The molecule has 0 saturated carbocycles. The fourth-order valence-electron chi connectivity index (χ4n) is 2.10. The molecule has 0 aromatic heterocycles. The van der Waals surface area contributed by atoms with E-state index in [9.17, 15) is 4.79 Å². The normalized spacial score (nSPS) is 39.1. The van der Waals surface area contributed by atoms with Crippen LogP contribution in [0.25, 0.3) is 0 Å². The van der Waals surface area contributed by atoms with Gasteiger partial charge in [-0.25, -0.2) is 4.79 Å². The minimum Gasteiger partial charge on any atom is -0.431 e. The summed E-state index contributed by atoms with van der Waals surface area (Å²) < 4.78 is 11.5. The van der Waals surface area contributed by atoms with Crippen molar-refractivity contribution in [1.29, 1.82) is 0 Å². The van der Waals surface area contributed by atoms with Crippen LogP contribution in [0, 0.1) is 5.41 Å². The Morgan fingerprint density at radius 3 is 2.44 bits per heavy atom. The zero-order chi connectivity index (χ0) is 12.0.